The molecule has 0 bridgehead atoms. The van der Waals surface area contributed by atoms with Crippen molar-refractivity contribution in [3.8, 4) is 5.75 Å². The van der Waals surface area contributed by atoms with Crippen LogP contribution in [0.4, 0.5) is 0 Å². The van der Waals surface area contributed by atoms with Gasteiger partial charge < -0.3 is 20.6 Å². The number of aromatic hydroxyl groups is 1. The fourth-order valence-electron chi connectivity index (χ4n) is 3.48. The maximum atomic E-state index is 12.1. The van der Waals surface area contributed by atoms with Crippen LogP contribution in [0.2, 0.25) is 0 Å². The van der Waals surface area contributed by atoms with Gasteiger partial charge in [-0.25, -0.2) is 0 Å². The number of rotatable bonds is 22. The first-order chi connectivity index (χ1) is 20.0. The number of hydrogen-bond acceptors (Lipinski definition) is 5. The molecule has 224 valence electrons. The summed E-state index contributed by atoms with van der Waals surface area (Å²) in [6.07, 6.45) is 32.1. The third kappa shape index (κ3) is 21.2. The van der Waals surface area contributed by atoms with Crippen molar-refractivity contribution in [2.75, 3.05) is 44.7 Å². The number of likely N-dealkylation sites (N-methyl/N-ethyl adjacent to an activating group) is 1. The molecule has 1 aromatic rings. The van der Waals surface area contributed by atoms with Crippen LogP contribution in [0.1, 0.15) is 55.8 Å². The van der Waals surface area contributed by atoms with Gasteiger partial charge in [0.25, 0.3) is 5.91 Å². The average Bonchev–Trinajstić information content (AvgIpc) is 2.96. The third-order valence-electron chi connectivity index (χ3n) is 5.79. The molecule has 6 nitrogen and oxygen atoms in total. The van der Waals surface area contributed by atoms with Crippen molar-refractivity contribution in [3.05, 3.63) is 103 Å². The maximum Gasteiger partial charge on any atom is 0.255 e. The van der Waals surface area contributed by atoms with Gasteiger partial charge in [0.2, 0.25) is 5.91 Å². The van der Waals surface area contributed by atoms with E-state index in [9.17, 15) is 14.7 Å². The Balaban J connectivity index is 1.97. The lowest BCUT2D eigenvalue weighted by atomic mass is 10.2. The molecule has 0 aliphatic rings. The van der Waals surface area contributed by atoms with Gasteiger partial charge in [0.1, 0.15) is 5.75 Å². The van der Waals surface area contributed by atoms with Crippen LogP contribution in [0.15, 0.2) is 97.2 Å². The van der Waals surface area contributed by atoms with E-state index >= 15 is 0 Å². The number of amides is 2. The third-order valence-corrected chi connectivity index (χ3v) is 6.68. The summed E-state index contributed by atoms with van der Waals surface area (Å²) in [5.74, 6) is 0.956. The van der Waals surface area contributed by atoms with E-state index in [1.165, 1.54) is 6.07 Å². The summed E-state index contributed by atoms with van der Waals surface area (Å²) in [6.45, 7) is 4.50. The van der Waals surface area contributed by atoms with E-state index in [1.807, 2.05) is 11.9 Å². The number of phenols is 1. The van der Waals surface area contributed by atoms with E-state index in [0.717, 1.165) is 44.3 Å². The number of nitrogens with zero attached hydrogens (tertiary/aromatic N) is 1. The zero-order chi connectivity index (χ0) is 29.8. The number of thioether (sulfide) groups is 1. The largest absolute Gasteiger partial charge is 0.507 e. The predicted molar refractivity (Wildman–Crippen MR) is 176 cm³/mol. The molecule has 3 N–H and O–H groups in total. The molecule has 0 radical (unpaired) electrons. The Kier molecular flexibility index (Phi) is 22.4. The zero-order valence-corrected chi connectivity index (χ0v) is 25.7. The van der Waals surface area contributed by atoms with Crippen LogP contribution >= 0.6 is 11.8 Å². The van der Waals surface area contributed by atoms with E-state index in [2.05, 4.69) is 90.5 Å². The second-order valence-electron chi connectivity index (χ2n) is 9.36. The maximum absolute atomic E-state index is 12.1. The molecule has 0 unspecified atom stereocenters. The van der Waals surface area contributed by atoms with Gasteiger partial charge in [0, 0.05) is 31.9 Å². The summed E-state index contributed by atoms with van der Waals surface area (Å²) in [7, 11) is 1.94. The highest BCUT2D eigenvalue weighted by Gasteiger charge is 2.09. The lowest BCUT2D eigenvalue weighted by molar-refractivity contribution is -0.118. The predicted octanol–water partition coefficient (Wildman–Crippen LogP) is 6.60. The molecule has 0 spiro atoms. The van der Waals surface area contributed by atoms with Gasteiger partial charge in [-0.3, -0.25) is 9.59 Å². The molecule has 0 saturated carbocycles. The second kappa shape index (κ2) is 25.7. The van der Waals surface area contributed by atoms with Crippen molar-refractivity contribution in [3.63, 3.8) is 0 Å². The number of allylic oxidation sites excluding steroid dienone is 11. The van der Waals surface area contributed by atoms with Gasteiger partial charge >= 0.3 is 0 Å². The molecule has 0 saturated heterocycles. The van der Waals surface area contributed by atoms with Crippen LogP contribution in [0.25, 0.3) is 0 Å². The summed E-state index contributed by atoms with van der Waals surface area (Å²) < 4.78 is 0. The Morgan fingerprint density at radius 1 is 0.756 bits per heavy atom. The van der Waals surface area contributed by atoms with Crippen molar-refractivity contribution in [2.24, 2.45) is 0 Å². The molecular formula is C34H49N3O3S. The molecule has 0 aliphatic carbocycles. The van der Waals surface area contributed by atoms with Crippen LogP contribution in [0.3, 0.4) is 0 Å². The Labute approximate surface area is 252 Å². The van der Waals surface area contributed by atoms with E-state index in [4.69, 9.17) is 0 Å². The molecule has 7 heteroatoms. The molecular weight excluding hydrogens is 530 g/mol. The van der Waals surface area contributed by atoms with Gasteiger partial charge in [-0.1, -0.05) is 92.0 Å². The number of hydrogen-bond donors (Lipinski definition) is 3. The van der Waals surface area contributed by atoms with Gasteiger partial charge in [-0.05, 0) is 57.7 Å². The van der Waals surface area contributed by atoms with Crippen LogP contribution in [-0.4, -0.2) is 66.6 Å². The molecule has 41 heavy (non-hydrogen) atoms. The van der Waals surface area contributed by atoms with Gasteiger partial charge in [0.05, 0.1) is 11.3 Å². The Morgan fingerprint density at radius 2 is 1.24 bits per heavy atom. The molecule has 0 atom stereocenters. The standard InChI is InChI=1S/C34H49N3O3S/c1-3-4-5-6-7-8-9-10-11-12-13-14-15-16-17-18-19-22-29-41-30-33(39)35-25-27-37(2)28-26-36-34(40)31-23-20-21-24-32(31)38/h4-5,7-8,10-11,13-14,16-17,19-24,38H,3,6,9,12,15,18,25-30H2,1-2H3,(H,35,39)(H,36,40). The number of carbonyl (C=O) groups is 2. The second-order valence-corrected chi connectivity index (χ2v) is 10.4. The quantitative estimate of drug-likeness (QED) is 0.107. The van der Waals surface area contributed by atoms with Crippen molar-refractivity contribution >= 4 is 23.6 Å². The summed E-state index contributed by atoms with van der Waals surface area (Å²) in [5.41, 5.74) is 0.268. The first kappa shape index (κ1) is 35.7. The molecule has 1 rings (SSSR count). The first-order valence-electron chi connectivity index (χ1n) is 14.5. The van der Waals surface area contributed by atoms with Gasteiger partial charge in [-0.2, -0.15) is 0 Å². The molecule has 1 aromatic carbocycles. The number of carbonyl (C=O) groups excluding carboxylic acids is 2. The smallest absolute Gasteiger partial charge is 0.255 e. The summed E-state index contributed by atoms with van der Waals surface area (Å²) in [4.78, 5) is 26.2. The summed E-state index contributed by atoms with van der Waals surface area (Å²) >= 11 is 1.60. The molecule has 0 heterocycles. The first-order valence-corrected chi connectivity index (χ1v) is 15.7. The minimum atomic E-state index is -0.297. The zero-order valence-electron chi connectivity index (χ0n) is 24.8. The number of benzene rings is 1. The highest BCUT2D eigenvalue weighted by atomic mass is 32.2. The van der Waals surface area contributed by atoms with Crippen LogP contribution in [0.5, 0.6) is 5.75 Å². The van der Waals surface area contributed by atoms with Crippen LogP contribution in [-0.2, 0) is 4.79 Å². The normalized spacial score (nSPS) is 12.4. The topological polar surface area (TPSA) is 81.7 Å². The fraction of sp³-hybridized carbons (Fsp3) is 0.412. The highest BCUT2D eigenvalue weighted by molar-refractivity contribution is 8.00. The highest BCUT2D eigenvalue weighted by Crippen LogP contribution is 2.14. The van der Waals surface area contributed by atoms with E-state index in [1.54, 1.807) is 30.0 Å². The molecule has 0 fully saturated rings. The monoisotopic (exact) mass is 579 g/mol. The minimum absolute atomic E-state index is 0.0280. The summed E-state index contributed by atoms with van der Waals surface area (Å²) in [6, 6.07) is 6.47. The Morgan fingerprint density at radius 3 is 1.78 bits per heavy atom. The van der Waals surface area contributed by atoms with Crippen molar-refractivity contribution in [1.82, 2.24) is 15.5 Å². The summed E-state index contributed by atoms with van der Waals surface area (Å²) in [5, 5.41) is 15.5. The Bertz CT molecular complexity index is 1030. The number of phenolic OH excluding ortho intramolecular Hbond substituents is 1. The Hall–Kier alpha value is -3.29. The van der Waals surface area contributed by atoms with E-state index in [0.29, 0.717) is 31.9 Å². The molecule has 0 aromatic heterocycles. The van der Waals surface area contributed by atoms with Crippen molar-refractivity contribution < 1.29 is 14.7 Å². The van der Waals surface area contributed by atoms with Crippen LogP contribution < -0.4 is 10.6 Å². The number of nitrogens with one attached hydrogen (secondary N) is 2. The van der Waals surface area contributed by atoms with Crippen molar-refractivity contribution in [1.29, 1.82) is 0 Å². The van der Waals surface area contributed by atoms with E-state index < -0.39 is 0 Å². The lowest BCUT2D eigenvalue weighted by Crippen LogP contribution is -2.38. The average molecular weight is 580 g/mol. The SMILES string of the molecule is CCC=CCC=CCC=CCC=CCC=CCC=CCSCC(=O)NCCN(C)CCNC(=O)c1ccccc1O. The van der Waals surface area contributed by atoms with Gasteiger partial charge in [0.15, 0.2) is 0 Å². The van der Waals surface area contributed by atoms with Gasteiger partial charge in [-0.15, -0.1) is 11.8 Å². The lowest BCUT2D eigenvalue weighted by Gasteiger charge is -2.17. The minimum Gasteiger partial charge on any atom is -0.507 e. The van der Waals surface area contributed by atoms with E-state index in [-0.39, 0.29) is 23.1 Å². The fourth-order valence-corrected chi connectivity index (χ4v) is 4.16. The van der Waals surface area contributed by atoms with Crippen LogP contribution in [0, 0.1) is 0 Å². The molecule has 2 amide bonds. The molecule has 0 aliphatic heterocycles. The van der Waals surface area contributed by atoms with Crippen molar-refractivity contribution in [2.45, 2.75) is 45.4 Å². The number of para-hydroxylation sites is 1.